The molecule has 2 rings (SSSR count). The van der Waals surface area contributed by atoms with Crippen molar-refractivity contribution in [2.75, 3.05) is 18.5 Å². The van der Waals surface area contributed by atoms with Crippen LogP contribution in [0, 0.1) is 0 Å². The van der Waals surface area contributed by atoms with Crippen LogP contribution in [0.2, 0.25) is 0 Å². The molecule has 1 aromatic heterocycles. The molecule has 0 radical (unpaired) electrons. The predicted molar refractivity (Wildman–Crippen MR) is 64.9 cm³/mol. The molecule has 1 N–H and O–H groups in total. The first-order valence-corrected chi connectivity index (χ1v) is 6.23. The lowest BCUT2D eigenvalue weighted by Gasteiger charge is -2.16. The number of amides is 1. The molecule has 0 saturated carbocycles. The third-order valence-corrected chi connectivity index (χ3v) is 2.92. The van der Waals surface area contributed by atoms with Gasteiger partial charge in [-0.2, -0.15) is 0 Å². The van der Waals surface area contributed by atoms with Gasteiger partial charge in [0.15, 0.2) is 0 Å². The number of hydrogen-bond acceptors (Lipinski definition) is 3. The van der Waals surface area contributed by atoms with Crippen molar-refractivity contribution in [3.05, 3.63) is 12.0 Å². The van der Waals surface area contributed by atoms with E-state index in [9.17, 15) is 4.79 Å². The second-order valence-corrected chi connectivity index (χ2v) is 4.16. The van der Waals surface area contributed by atoms with Gasteiger partial charge in [-0.05, 0) is 19.8 Å². The normalized spacial score (nSPS) is 14.4. The molecule has 0 aromatic carbocycles. The van der Waals surface area contributed by atoms with E-state index < -0.39 is 0 Å². The Bertz CT molecular complexity index is 387. The molecular formula is C12H19N3O2. The van der Waals surface area contributed by atoms with E-state index in [4.69, 9.17) is 4.74 Å². The van der Waals surface area contributed by atoms with Gasteiger partial charge in [-0.15, -0.1) is 0 Å². The second kappa shape index (κ2) is 5.82. The third kappa shape index (κ3) is 3.06. The molecule has 1 amide bonds. The minimum absolute atomic E-state index is 0.00766. The van der Waals surface area contributed by atoms with Gasteiger partial charge in [-0.25, -0.2) is 4.98 Å². The number of ether oxygens (including phenoxy) is 1. The highest BCUT2D eigenvalue weighted by molar-refractivity contribution is 5.89. The van der Waals surface area contributed by atoms with Crippen LogP contribution in [-0.2, 0) is 22.5 Å². The van der Waals surface area contributed by atoms with Crippen LogP contribution in [-0.4, -0.2) is 28.7 Å². The number of fused-ring (bicyclic) bond motifs is 1. The van der Waals surface area contributed by atoms with Gasteiger partial charge in [0.05, 0.1) is 19.2 Å². The molecule has 0 saturated heterocycles. The number of anilines is 1. The monoisotopic (exact) mass is 237 g/mol. The van der Waals surface area contributed by atoms with Crippen molar-refractivity contribution in [1.29, 1.82) is 0 Å². The predicted octanol–water partition coefficient (Wildman–Crippen LogP) is 1.58. The molecule has 5 heteroatoms. The van der Waals surface area contributed by atoms with E-state index in [0.717, 1.165) is 31.0 Å². The number of nitrogens with zero attached hydrogens (tertiary/aromatic N) is 2. The van der Waals surface area contributed by atoms with Crippen LogP contribution in [0.1, 0.15) is 32.0 Å². The molecule has 0 aliphatic carbocycles. The van der Waals surface area contributed by atoms with E-state index >= 15 is 0 Å². The molecule has 0 unspecified atom stereocenters. The minimum atomic E-state index is -0.00766. The maximum absolute atomic E-state index is 11.6. The summed E-state index contributed by atoms with van der Waals surface area (Å²) >= 11 is 0. The van der Waals surface area contributed by atoms with Crippen molar-refractivity contribution >= 4 is 11.7 Å². The summed E-state index contributed by atoms with van der Waals surface area (Å²) in [6.45, 7) is 4.00. The maximum Gasteiger partial charge on any atom is 0.227 e. The zero-order valence-corrected chi connectivity index (χ0v) is 10.2. The smallest absolute Gasteiger partial charge is 0.227 e. The van der Waals surface area contributed by atoms with Crippen molar-refractivity contribution in [2.45, 2.75) is 39.2 Å². The van der Waals surface area contributed by atoms with Crippen molar-refractivity contribution < 1.29 is 9.53 Å². The third-order valence-electron chi connectivity index (χ3n) is 2.92. The Morgan fingerprint density at radius 3 is 3.29 bits per heavy atom. The molecule has 1 aliphatic heterocycles. The van der Waals surface area contributed by atoms with Crippen LogP contribution in [0.4, 0.5) is 5.82 Å². The van der Waals surface area contributed by atoms with Crippen molar-refractivity contribution in [2.24, 2.45) is 0 Å². The largest absolute Gasteiger partial charge is 0.381 e. The van der Waals surface area contributed by atoms with E-state index in [-0.39, 0.29) is 5.91 Å². The molecule has 0 fully saturated rings. The summed E-state index contributed by atoms with van der Waals surface area (Å²) in [6.07, 6.45) is 5.50. The van der Waals surface area contributed by atoms with E-state index in [1.165, 1.54) is 6.42 Å². The number of hydrogen-bond donors (Lipinski definition) is 1. The summed E-state index contributed by atoms with van der Waals surface area (Å²) in [7, 11) is 0. The molecule has 0 spiro atoms. The van der Waals surface area contributed by atoms with Crippen LogP contribution in [0.25, 0.3) is 0 Å². The molecule has 94 valence electrons. The fourth-order valence-electron chi connectivity index (χ4n) is 2.03. The molecule has 1 aromatic rings. The molecule has 0 bridgehead atoms. The zero-order chi connectivity index (χ0) is 12.1. The minimum Gasteiger partial charge on any atom is -0.381 e. The summed E-state index contributed by atoms with van der Waals surface area (Å²) in [5, 5.41) is 2.89. The SMILES string of the molecule is CCOCCC(=O)Nc1cnc2n1CCCC2. The van der Waals surface area contributed by atoms with Gasteiger partial charge in [0.1, 0.15) is 11.6 Å². The second-order valence-electron chi connectivity index (χ2n) is 4.16. The van der Waals surface area contributed by atoms with Crippen LogP contribution in [0.15, 0.2) is 6.20 Å². The Labute approximate surface area is 101 Å². The molecule has 1 aliphatic rings. The van der Waals surface area contributed by atoms with E-state index in [2.05, 4.69) is 14.9 Å². The summed E-state index contributed by atoms with van der Waals surface area (Å²) in [6, 6.07) is 0. The van der Waals surface area contributed by atoms with Gasteiger partial charge < -0.3 is 14.6 Å². The van der Waals surface area contributed by atoms with Gasteiger partial charge in [0, 0.05) is 19.6 Å². The number of rotatable bonds is 5. The van der Waals surface area contributed by atoms with Crippen molar-refractivity contribution in [3.8, 4) is 0 Å². The number of nitrogens with one attached hydrogen (secondary N) is 1. The average molecular weight is 237 g/mol. The van der Waals surface area contributed by atoms with E-state index in [1.807, 2.05) is 6.92 Å². The highest BCUT2D eigenvalue weighted by Crippen LogP contribution is 2.19. The van der Waals surface area contributed by atoms with Gasteiger partial charge in [0.25, 0.3) is 0 Å². The van der Waals surface area contributed by atoms with Crippen LogP contribution < -0.4 is 5.32 Å². The average Bonchev–Trinajstić information content (AvgIpc) is 2.73. The Morgan fingerprint density at radius 2 is 2.47 bits per heavy atom. The number of carbonyl (C=O) groups excluding carboxylic acids is 1. The molecular weight excluding hydrogens is 218 g/mol. The molecule has 5 nitrogen and oxygen atoms in total. The fourth-order valence-corrected chi connectivity index (χ4v) is 2.03. The first kappa shape index (κ1) is 12.1. The first-order chi connectivity index (χ1) is 8.31. The molecule has 2 heterocycles. The highest BCUT2D eigenvalue weighted by atomic mass is 16.5. The van der Waals surface area contributed by atoms with Crippen LogP contribution in [0.5, 0.6) is 0 Å². The summed E-state index contributed by atoms with van der Waals surface area (Å²) in [5.74, 6) is 1.89. The van der Waals surface area contributed by atoms with Gasteiger partial charge in [-0.3, -0.25) is 4.79 Å². The van der Waals surface area contributed by atoms with E-state index in [0.29, 0.717) is 19.6 Å². The quantitative estimate of drug-likeness (QED) is 0.791. The fraction of sp³-hybridized carbons (Fsp3) is 0.667. The lowest BCUT2D eigenvalue weighted by Crippen LogP contribution is -2.19. The van der Waals surface area contributed by atoms with Gasteiger partial charge in [-0.1, -0.05) is 0 Å². The topological polar surface area (TPSA) is 56.1 Å². The summed E-state index contributed by atoms with van der Waals surface area (Å²) in [4.78, 5) is 16.0. The Kier molecular flexibility index (Phi) is 4.14. The first-order valence-electron chi connectivity index (χ1n) is 6.23. The van der Waals surface area contributed by atoms with E-state index in [1.54, 1.807) is 6.20 Å². The Morgan fingerprint density at radius 1 is 1.59 bits per heavy atom. The Hall–Kier alpha value is -1.36. The Balaban J connectivity index is 1.90. The van der Waals surface area contributed by atoms with Crippen LogP contribution >= 0.6 is 0 Å². The highest BCUT2D eigenvalue weighted by Gasteiger charge is 2.15. The maximum atomic E-state index is 11.6. The van der Waals surface area contributed by atoms with Gasteiger partial charge in [0.2, 0.25) is 5.91 Å². The number of aromatic nitrogens is 2. The number of imidazole rings is 1. The van der Waals surface area contributed by atoms with Gasteiger partial charge >= 0.3 is 0 Å². The zero-order valence-electron chi connectivity index (χ0n) is 10.2. The lowest BCUT2D eigenvalue weighted by atomic mass is 10.2. The lowest BCUT2D eigenvalue weighted by molar-refractivity contribution is -0.117. The number of aryl methyl sites for hydroxylation is 1. The van der Waals surface area contributed by atoms with Crippen LogP contribution in [0.3, 0.4) is 0 Å². The summed E-state index contributed by atoms with van der Waals surface area (Å²) < 4.78 is 7.25. The molecule has 17 heavy (non-hydrogen) atoms. The molecule has 0 atom stereocenters. The standard InChI is InChI=1S/C12H19N3O2/c1-2-17-8-6-12(16)14-11-9-13-10-5-3-4-7-15(10)11/h9H,2-8H2,1H3,(H,14,16). The summed E-state index contributed by atoms with van der Waals surface area (Å²) in [5.41, 5.74) is 0. The van der Waals surface area contributed by atoms with Crippen molar-refractivity contribution in [1.82, 2.24) is 9.55 Å². The van der Waals surface area contributed by atoms with Crippen molar-refractivity contribution in [3.63, 3.8) is 0 Å². The number of carbonyl (C=O) groups is 1.